The highest BCUT2D eigenvalue weighted by Gasteiger charge is 2.27. The Bertz CT molecular complexity index is 1420. The number of anilines is 1. The first-order valence-electron chi connectivity index (χ1n) is 11.1. The van der Waals surface area contributed by atoms with Crippen LogP contribution in [0.25, 0.3) is 0 Å². The molecular formula is C29H22N2O4S. The van der Waals surface area contributed by atoms with Gasteiger partial charge in [-0.25, -0.2) is 4.79 Å². The summed E-state index contributed by atoms with van der Waals surface area (Å²) in [5, 5.41) is 12.2. The van der Waals surface area contributed by atoms with E-state index in [0.717, 1.165) is 4.90 Å². The van der Waals surface area contributed by atoms with Gasteiger partial charge in [-0.2, -0.15) is 5.26 Å². The van der Waals surface area contributed by atoms with Crippen LogP contribution in [0.15, 0.2) is 113 Å². The van der Waals surface area contributed by atoms with Crippen molar-refractivity contribution in [3.8, 4) is 11.8 Å². The molecule has 0 spiro atoms. The Morgan fingerprint density at radius 2 is 1.56 bits per heavy atom. The third-order valence-corrected chi connectivity index (χ3v) is 6.39. The van der Waals surface area contributed by atoms with Crippen molar-refractivity contribution in [3.63, 3.8) is 0 Å². The van der Waals surface area contributed by atoms with E-state index in [1.54, 1.807) is 92.0 Å². The quantitative estimate of drug-likeness (QED) is 0.291. The monoisotopic (exact) mass is 494 g/mol. The molecule has 0 fully saturated rings. The lowest BCUT2D eigenvalue weighted by Gasteiger charge is -2.19. The zero-order valence-electron chi connectivity index (χ0n) is 19.4. The number of nitriles is 1. The van der Waals surface area contributed by atoms with Crippen molar-refractivity contribution < 1.29 is 19.1 Å². The Labute approximate surface area is 213 Å². The van der Waals surface area contributed by atoms with E-state index >= 15 is 0 Å². The normalized spacial score (nSPS) is 11.1. The van der Waals surface area contributed by atoms with Gasteiger partial charge >= 0.3 is 5.97 Å². The molecule has 1 N–H and O–H groups in total. The van der Waals surface area contributed by atoms with Crippen molar-refractivity contribution >= 4 is 29.3 Å². The summed E-state index contributed by atoms with van der Waals surface area (Å²) in [5.74, 6) is -0.561. The first-order valence-corrected chi connectivity index (χ1v) is 11.9. The van der Waals surface area contributed by atoms with E-state index in [1.807, 2.05) is 18.2 Å². The van der Waals surface area contributed by atoms with Crippen LogP contribution in [0.3, 0.4) is 0 Å². The first kappa shape index (κ1) is 24.6. The summed E-state index contributed by atoms with van der Waals surface area (Å²) in [7, 11) is 1.54. The average Bonchev–Trinajstić information content (AvgIpc) is 2.92. The van der Waals surface area contributed by atoms with Crippen LogP contribution < -0.4 is 10.1 Å². The lowest BCUT2D eigenvalue weighted by molar-refractivity contribution is -0.125. The van der Waals surface area contributed by atoms with Crippen molar-refractivity contribution in [2.45, 2.75) is 15.9 Å². The molecule has 0 saturated carbocycles. The number of benzene rings is 4. The summed E-state index contributed by atoms with van der Waals surface area (Å²) >= 11 is 1.29. The van der Waals surface area contributed by atoms with Gasteiger partial charge in [-0.3, -0.25) is 4.79 Å². The minimum absolute atomic E-state index is 0.297. The number of ether oxygens (including phenoxy) is 2. The molecule has 4 aromatic carbocycles. The molecule has 0 saturated heterocycles. The van der Waals surface area contributed by atoms with Gasteiger partial charge in [0.25, 0.3) is 5.91 Å². The number of methoxy groups -OCH3 is 1. The number of carbonyl (C=O) groups is 2. The third kappa shape index (κ3) is 5.93. The van der Waals surface area contributed by atoms with Crippen LogP contribution in [0.5, 0.6) is 5.75 Å². The molecule has 0 heterocycles. The summed E-state index contributed by atoms with van der Waals surface area (Å²) in [4.78, 5) is 28.0. The van der Waals surface area contributed by atoms with Gasteiger partial charge in [0.05, 0.1) is 18.2 Å². The van der Waals surface area contributed by atoms with Crippen molar-refractivity contribution in [3.05, 3.63) is 120 Å². The Balaban J connectivity index is 1.61. The minimum Gasteiger partial charge on any atom is -0.497 e. The van der Waals surface area contributed by atoms with Crippen molar-refractivity contribution in [2.24, 2.45) is 0 Å². The number of amides is 1. The summed E-state index contributed by atoms with van der Waals surface area (Å²) in [6.07, 6.45) is -1.19. The summed E-state index contributed by atoms with van der Waals surface area (Å²) in [6.45, 7) is 0. The predicted molar refractivity (Wildman–Crippen MR) is 138 cm³/mol. The van der Waals surface area contributed by atoms with Crippen LogP contribution in [0.4, 0.5) is 5.69 Å². The van der Waals surface area contributed by atoms with Crippen molar-refractivity contribution in [1.82, 2.24) is 0 Å². The van der Waals surface area contributed by atoms with E-state index in [9.17, 15) is 14.9 Å². The molecule has 1 atom stereocenters. The molecule has 0 aliphatic rings. The van der Waals surface area contributed by atoms with Crippen LogP contribution in [0.1, 0.15) is 27.6 Å². The Kier molecular flexibility index (Phi) is 8.01. The Morgan fingerprint density at radius 1 is 0.861 bits per heavy atom. The van der Waals surface area contributed by atoms with Gasteiger partial charge in [0.15, 0.2) is 0 Å². The van der Waals surface area contributed by atoms with Crippen molar-refractivity contribution in [2.75, 3.05) is 12.4 Å². The Morgan fingerprint density at radius 3 is 2.31 bits per heavy atom. The van der Waals surface area contributed by atoms with E-state index in [4.69, 9.17) is 9.47 Å². The maximum atomic E-state index is 13.4. The molecule has 178 valence electrons. The lowest BCUT2D eigenvalue weighted by Crippen LogP contribution is -2.26. The van der Waals surface area contributed by atoms with Gasteiger partial charge in [-0.15, -0.1) is 0 Å². The fraction of sp³-hybridized carbons (Fsp3) is 0.0690. The first-order chi connectivity index (χ1) is 17.6. The zero-order chi connectivity index (χ0) is 25.3. The van der Waals surface area contributed by atoms with Gasteiger partial charge in [-0.05, 0) is 36.4 Å². The molecule has 0 bridgehead atoms. The number of esters is 1. The molecule has 36 heavy (non-hydrogen) atoms. The fourth-order valence-electron chi connectivity index (χ4n) is 3.47. The zero-order valence-corrected chi connectivity index (χ0v) is 20.2. The molecule has 0 aromatic heterocycles. The number of rotatable bonds is 8. The van der Waals surface area contributed by atoms with Crippen LogP contribution >= 0.6 is 11.8 Å². The third-order valence-electron chi connectivity index (χ3n) is 5.24. The summed E-state index contributed by atoms with van der Waals surface area (Å²) in [6, 6.07) is 32.0. The number of carbonyl (C=O) groups excluding carboxylic acids is 2. The number of hydrogen-bond donors (Lipinski definition) is 1. The second kappa shape index (κ2) is 11.7. The number of nitrogens with one attached hydrogen (secondary N) is 1. The van der Waals surface area contributed by atoms with E-state index < -0.39 is 18.0 Å². The van der Waals surface area contributed by atoms with Crippen LogP contribution in [-0.4, -0.2) is 19.0 Å². The van der Waals surface area contributed by atoms with E-state index in [0.29, 0.717) is 33.0 Å². The van der Waals surface area contributed by atoms with E-state index in [-0.39, 0.29) is 0 Å². The molecule has 7 heteroatoms. The highest BCUT2D eigenvalue weighted by molar-refractivity contribution is 7.99. The van der Waals surface area contributed by atoms with Crippen LogP contribution in [-0.2, 0) is 9.53 Å². The fourth-order valence-corrected chi connectivity index (χ4v) is 4.49. The van der Waals surface area contributed by atoms with Gasteiger partial charge in [0.2, 0.25) is 6.10 Å². The van der Waals surface area contributed by atoms with Crippen LogP contribution in [0.2, 0.25) is 0 Å². The van der Waals surface area contributed by atoms with Gasteiger partial charge in [0, 0.05) is 27.1 Å². The lowest BCUT2D eigenvalue weighted by atomic mass is 10.1. The second-order valence-corrected chi connectivity index (χ2v) is 8.71. The van der Waals surface area contributed by atoms with E-state index in [1.165, 1.54) is 11.8 Å². The molecule has 4 rings (SSSR count). The number of nitrogens with zero attached hydrogens (tertiary/aromatic N) is 1. The van der Waals surface area contributed by atoms with Crippen LogP contribution in [0, 0.1) is 11.3 Å². The molecule has 0 unspecified atom stereocenters. The van der Waals surface area contributed by atoms with E-state index in [2.05, 4.69) is 11.4 Å². The standard InChI is InChI=1S/C29H22N2O4S/c1-34-23-14-9-13-22(18-23)31-28(32)27(20-10-3-2-4-11-20)35-29(33)24-15-6-8-17-26(24)36-25-16-7-5-12-21(25)19-30/h2-18,27H,1H3,(H,31,32)/t27-/m0/s1. The highest BCUT2D eigenvalue weighted by atomic mass is 32.2. The topological polar surface area (TPSA) is 88.4 Å². The molecule has 0 aliphatic heterocycles. The SMILES string of the molecule is COc1cccc(NC(=O)[C@@H](OC(=O)c2ccccc2Sc2ccccc2C#N)c2ccccc2)c1. The van der Waals surface area contributed by atoms with Crippen molar-refractivity contribution in [1.29, 1.82) is 5.26 Å². The second-order valence-electron chi connectivity index (χ2n) is 7.62. The molecule has 1 amide bonds. The molecule has 4 aromatic rings. The highest BCUT2D eigenvalue weighted by Crippen LogP contribution is 2.34. The molecular weight excluding hydrogens is 472 g/mol. The van der Waals surface area contributed by atoms with Gasteiger partial charge in [0.1, 0.15) is 11.8 Å². The minimum atomic E-state index is -1.19. The van der Waals surface area contributed by atoms with Gasteiger partial charge in [-0.1, -0.05) is 72.4 Å². The molecule has 0 radical (unpaired) electrons. The summed E-state index contributed by atoms with van der Waals surface area (Å²) in [5.41, 5.74) is 1.85. The average molecular weight is 495 g/mol. The predicted octanol–water partition coefficient (Wildman–Crippen LogP) is 6.25. The summed E-state index contributed by atoms with van der Waals surface area (Å²) < 4.78 is 11.0. The smallest absolute Gasteiger partial charge is 0.340 e. The largest absolute Gasteiger partial charge is 0.497 e. The maximum Gasteiger partial charge on any atom is 0.340 e. The molecule has 6 nitrogen and oxygen atoms in total. The Hall–Kier alpha value is -4.54. The maximum absolute atomic E-state index is 13.4. The van der Waals surface area contributed by atoms with Gasteiger partial charge < -0.3 is 14.8 Å². The molecule has 0 aliphatic carbocycles. The number of hydrogen-bond acceptors (Lipinski definition) is 6.